The van der Waals surface area contributed by atoms with Crippen molar-refractivity contribution in [3.63, 3.8) is 0 Å². The van der Waals surface area contributed by atoms with Crippen LogP contribution in [-0.2, 0) is 14.3 Å². The van der Waals surface area contributed by atoms with E-state index in [0.29, 0.717) is 6.42 Å². The smallest absolute Gasteiger partial charge is 0.334 e. The van der Waals surface area contributed by atoms with Gasteiger partial charge in [-0.3, -0.25) is 0 Å². The Labute approximate surface area is 264 Å². The molecular weight excluding hydrogens is 540 g/mol. The number of rotatable bonds is 28. The number of aliphatic hydroxyl groups is 3. The first kappa shape index (κ1) is 38.2. The van der Waals surface area contributed by atoms with E-state index in [4.69, 9.17) is 9.47 Å². The molecule has 0 aromatic carbocycles. The molecule has 0 saturated carbocycles. The largest absolute Gasteiger partial charge is 0.455 e. The van der Waals surface area contributed by atoms with Crippen LogP contribution in [0.15, 0.2) is 11.6 Å². The second-order valence-corrected chi connectivity index (χ2v) is 13.7. The van der Waals surface area contributed by atoms with E-state index in [9.17, 15) is 20.1 Å². The fraction of sp³-hybridized carbons (Fsp3) is 0.919. The molecular formula is C37H68O6. The molecule has 6 atom stereocenters. The summed E-state index contributed by atoms with van der Waals surface area (Å²) in [4.78, 5) is 11.6. The SMILES string of the molecule is CCCCCCCCCCCC[C@H](O)[C@@H]1CC[C@H]([C@H](O)C[C@H](O)CCCCCCCCCCCCC2=C[C@@H](C)OC2=O)O1. The number of aliphatic hydroxyl groups excluding tert-OH is 3. The number of unbranched alkanes of at least 4 members (excludes halogenated alkanes) is 18. The van der Waals surface area contributed by atoms with Crippen molar-refractivity contribution < 1.29 is 29.6 Å². The molecule has 1 saturated heterocycles. The van der Waals surface area contributed by atoms with Crippen molar-refractivity contribution in [2.45, 2.75) is 217 Å². The summed E-state index contributed by atoms with van der Waals surface area (Å²) in [6.45, 7) is 4.17. The fourth-order valence-corrected chi connectivity index (χ4v) is 6.76. The topological polar surface area (TPSA) is 96.2 Å². The molecule has 0 aliphatic carbocycles. The van der Waals surface area contributed by atoms with Gasteiger partial charge in [0.2, 0.25) is 0 Å². The van der Waals surface area contributed by atoms with Crippen LogP contribution in [0.4, 0.5) is 0 Å². The van der Waals surface area contributed by atoms with Gasteiger partial charge in [-0.2, -0.15) is 0 Å². The molecule has 43 heavy (non-hydrogen) atoms. The molecule has 0 amide bonds. The van der Waals surface area contributed by atoms with Gasteiger partial charge in [-0.15, -0.1) is 0 Å². The monoisotopic (exact) mass is 609 g/mol. The average molecular weight is 609 g/mol. The van der Waals surface area contributed by atoms with Crippen LogP contribution in [-0.4, -0.2) is 57.9 Å². The first-order valence-electron chi connectivity index (χ1n) is 18.5. The van der Waals surface area contributed by atoms with Crippen LogP contribution >= 0.6 is 0 Å². The Morgan fingerprint density at radius 1 is 0.674 bits per heavy atom. The minimum Gasteiger partial charge on any atom is -0.455 e. The molecule has 2 rings (SSSR count). The minimum absolute atomic E-state index is 0.0542. The molecule has 0 aromatic heterocycles. The molecule has 2 aliphatic rings. The van der Waals surface area contributed by atoms with Crippen LogP contribution in [0, 0.1) is 0 Å². The van der Waals surface area contributed by atoms with E-state index < -0.39 is 18.3 Å². The summed E-state index contributed by atoms with van der Waals surface area (Å²) in [5.41, 5.74) is 0.859. The lowest BCUT2D eigenvalue weighted by Gasteiger charge is -2.23. The van der Waals surface area contributed by atoms with Gasteiger partial charge in [-0.05, 0) is 51.5 Å². The van der Waals surface area contributed by atoms with E-state index in [1.807, 2.05) is 13.0 Å². The number of cyclic esters (lactones) is 1. The summed E-state index contributed by atoms with van der Waals surface area (Å²) in [7, 11) is 0. The summed E-state index contributed by atoms with van der Waals surface area (Å²) >= 11 is 0. The van der Waals surface area contributed by atoms with Crippen molar-refractivity contribution in [1.29, 1.82) is 0 Å². The zero-order valence-electron chi connectivity index (χ0n) is 28.0. The van der Waals surface area contributed by atoms with Crippen LogP contribution in [0.2, 0.25) is 0 Å². The third-order valence-corrected chi connectivity index (χ3v) is 9.54. The second kappa shape index (κ2) is 24.3. The van der Waals surface area contributed by atoms with Gasteiger partial charge in [-0.1, -0.05) is 129 Å². The van der Waals surface area contributed by atoms with Crippen molar-refractivity contribution in [1.82, 2.24) is 0 Å². The lowest BCUT2D eigenvalue weighted by atomic mass is 9.98. The number of carbonyl (C=O) groups is 1. The zero-order chi connectivity index (χ0) is 31.1. The highest BCUT2D eigenvalue weighted by Gasteiger charge is 2.35. The normalized spacial score (nSPS) is 22.5. The van der Waals surface area contributed by atoms with Gasteiger partial charge in [0.1, 0.15) is 6.10 Å². The van der Waals surface area contributed by atoms with Crippen LogP contribution in [0.1, 0.15) is 181 Å². The van der Waals surface area contributed by atoms with Crippen LogP contribution in [0.3, 0.4) is 0 Å². The molecule has 0 bridgehead atoms. The lowest BCUT2D eigenvalue weighted by Crippen LogP contribution is -2.33. The molecule has 2 aliphatic heterocycles. The highest BCUT2D eigenvalue weighted by Crippen LogP contribution is 2.28. The fourth-order valence-electron chi connectivity index (χ4n) is 6.76. The van der Waals surface area contributed by atoms with E-state index >= 15 is 0 Å². The maximum Gasteiger partial charge on any atom is 0.334 e. The number of hydrogen-bond donors (Lipinski definition) is 3. The molecule has 0 radical (unpaired) electrons. The predicted octanol–water partition coefficient (Wildman–Crippen LogP) is 8.87. The van der Waals surface area contributed by atoms with E-state index in [2.05, 4.69) is 6.92 Å². The molecule has 0 unspecified atom stereocenters. The summed E-state index contributed by atoms with van der Waals surface area (Å²) in [5.74, 6) is -0.127. The van der Waals surface area contributed by atoms with Crippen molar-refractivity contribution >= 4 is 5.97 Å². The molecule has 6 nitrogen and oxygen atoms in total. The quantitative estimate of drug-likeness (QED) is 0.0606. The Morgan fingerprint density at radius 3 is 1.65 bits per heavy atom. The van der Waals surface area contributed by atoms with E-state index in [0.717, 1.165) is 63.4 Å². The molecule has 2 heterocycles. The van der Waals surface area contributed by atoms with Gasteiger partial charge in [0, 0.05) is 12.0 Å². The van der Waals surface area contributed by atoms with Crippen molar-refractivity contribution in [2.24, 2.45) is 0 Å². The van der Waals surface area contributed by atoms with Crippen molar-refractivity contribution in [3.05, 3.63) is 11.6 Å². The Balaban J connectivity index is 1.37. The van der Waals surface area contributed by atoms with E-state index in [-0.39, 0.29) is 24.3 Å². The molecule has 0 aromatic rings. The van der Waals surface area contributed by atoms with E-state index in [1.54, 1.807) is 0 Å². The molecule has 0 spiro atoms. The van der Waals surface area contributed by atoms with Crippen LogP contribution in [0.5, 0.6) is 0 Å². The summed E-state index contributed by atoms with van der Waals surface area (Å²) < 4.78 is 11.2. The Kier molecular flexibility index (Phi) is 21.6. The van der Waals surface area contributed by atoms with Gasteiger partial charge in [0.15, 0.2) is 0 Å². The standard InChI is InChI=1S/C37H68O6/c1-3-4-5-6-7-8-13-16-19-22-25-33(39)35-26-27-36(43-35)34(40)29-32(38)24-21-18-15-12-10-9-11-14-17-20-23-31-28-30(2)42-37(31)41/h28,30,32-36,38-40H,3-27,29H2,1-2H3/t30-,32-,33+,34-,35+,36-/m1/s1. The van der Waals surface area contributed by atoms with Gasteiger partial charge in [-0.25, -0.2) is 4.79 Å². The Bertz CT molecular complexity index is 724. The maximum absolute atomic E-state index is 11.6. The highest BCUT2D eigenvalue weighted by atomic mass is 16.5. The van der Waals surface area contributed by atoms with Crippen LogP contribution < -0.4 is 0 Å². The maximum atomic E-state index is 11.6. The highest BCUT2D eigenvalue weighted by molar-refractivity contribution is 5.90. The van der Waals surface area contributed by atoms with Gasteiger partial charge < -0.3 is 24.8 Å². The van der Waals surface area contributed by atoms with Crippen molar-refractivity contribution in [3.8, 4) is 0 Å². The molecule has 3 N–H and O–H groups in total. The summed E-state index contributed by atoms with van der Waals surface area (Å²) in [6, 6.07) is 0. The first-order chi connectivity index (χ1) is 20.9. The minimum atomic E-state index is -0.656. The van der Waals surface area contributed by atoms with Gasteiger partial charge >= 0.3 is 5.97 Å². The second-order valence-electron chi connectivity index (χ2n) is 13.7. The first-order valence-corrected chi connectivity index (χ1v) is 18.5. The Hall–Kier alpha value is -0.950. The molecule has 252 valence electrons. The predicted molar refractivity (Wildman–Crippen MR) is 176 cm³/mol. The third kappa shape index (κ3) is 18.0. The third-order valence-electron chi connectivity index (χ3n) is 9.54. The molecule has 6 heteroatoms. The average Bonchev–Trinajstić information content (AvgIpc) is 3.60. The summed E-state index contributed by atoms with van der Waals surface area (Å²) in [6.07, 6.45) is 28.9. The lowest BCUT2D eigenvalue weighted by molar-refractivity contribution is -0.139. The van der Waals surface area contributed by atoms with Crippen molar-refractivity contribution in [2.75, 3.05) is 0 Å². The molecule has 1 fully saturated rings. The van der Waals surface area contributed by atoms with Crippen LogP contribution in [0.25, 0.3) is 0 Å². The summed E-state index contributed by atoms with van der Waals surface area (Å²) in [5, 5.41) is 31.7. The number of hydrogen-bond acceptors (Lipinski definition) is 6. The van der Waals surface area contributed by atoms with Gasteiger partial charge in [0.25, 0.3) is 0 Å². The number of carbonyl (C=O) groups excluding carboxylic acids is 1. The number of esters is 1. The Morgan fingerprint density at radius 2 is 1.14 bits per heavy atom. The number of ether oxygens (including phenoxy) is 2. The van der Waals surface area contributed by atoms with Gasteiger partial charge in [0.05, 0.1) is 30.5 Å². The van der Waals surface area contributed by atoms with E-state index in [1.165, 1.54) is 103 Å². The zero-order valence-corrected chi connectivity index (χ0v) is 28.0.